The van der Waals surface area contributed by atoms with Crippen molar-refractivity contribution < 1.29 is 14.6 Å². The number of carbonyl (C=O) groups is 1. The number of methoxy groups -OCH3 is 1. The van der Waals surface area contributed by atoms with Gasteiger partial charge in [0.05, 0.1) is 19.0 Å². The van der Waals surface area contributed by atoms with Crippen molar-refractivity contribution in [2.75, 3.05) is 7.11 Å². The van der Waals surface area contributed by atoms with Crippen LogP contribution < -0.4 is 0 Å². The lowest BCUT2D eigenvalue weighted by atomic mass is 10.3. The Labute approximate surface area is 109 Å². The molecule has 1 aromatic carbocycles. The fourth-order valence-electron chi connectivity index (χ4n) is 1.62. The molecule has 2 aromatic rings. The second kappa shape index (κ2) is 5.05. The van der Waals surface area contributed by atoms with Crippen molar-refractivity contribution in [1.82, 2.24) is 9.13 Å². The van der Waals surface area contributed by atoms with Gasteiger partial charge in [-0.05, 0) is 24.4 Å². The summed E-state index contributed by atoms with van der Waals surface area (Å²) in [5, 5.41) is 9.87. The molecule has 0 unspecified atom stereocenters. The van der Waals surface area contributed by atoms with Crippen molar-refractivity contribution in [3.05, 3.63) is 41.3 Å². The van der Waals surface area contributed by atoms with Crippen LogP contribution in [0.4, 0.5) is 0 Å². The third-order valence-electron chi connectivity index (χ3n) is 2.48. The normalized spacial score (nSPS) is 10.3. The second-order valence-corrected chi connectivity index (χ2v) is 4.01. The lowest BCUT2D eigenvalue weighted by molar-refractivity contribution is -0.141. The number of rotatable bonds is 3. The maximum Gasteiger partial charge on any atom is 0.325 e. The lowest BCUT2D eigenvalue weighted by Gasteiger charge is -2.03. The molecule has 0 fully saturated rings. The first-order valence-electron chi connectivity index (χ1n) is 5.27. The van der Waals surface area contributed by atoms with Gasteiger partial charge >= 0.3 is 5.97 Å². The standard InChI is InChI=1S/C12H12N2O3S/c1-17-11(16)8-13-7-10(15)14(12(13)18)9-5-3-2-4-6-9/h2-7,15H,8H2,1H3. The molecule has 0 aliphatic carbocycles. The van der Waals surface area contributed by atoms with Crippen molar-refractivity contribution in [1.29, 1.82) is 0 Å². The van der Waals surface area contributed by atoms with E-state index in [1.54, 1.807) is 0 Å². The average molecular weight is 264 g/mol. The molecule has 18 heavy (non-hydrogen) atoms. The molecular formula is C12H12N2O3S. The van der Waals surface area contributed by atoms with Crippen LogP contribution in [0.3, 0.4) is 0 Å². The fraction of sp³-hybridized carbons (Fsp3) is 0.167. The molecule has 6 heteroatoms. The zero-order valence-corrected chi connectivity index (χ0v) is 10.6. The van der Waals surface area contributed by atoms with Crippen molar-refractivity contribution in [3.8, 4) is 11.6 Å². The smallest absolute Gasteiger partial charge is 0.325 e. The molecule has 0 saturated carbocycles. The van der Waals surface area contributed by atoms with Crippen molar-refractivity contribution in [2.45, 2.75) is 6.54 Å². The minimum Gasteiger partial charge on any atom is -0.493 e. The van der Waals surface area contributed by atoms with Crippen LogP contribution in [0.25, 0.3) is 5.69 Å². The predicted molar refractivity (Wildman–Crippen MR) is 68.3 cm³/mol. The Bertz CT molecular complexity index is 616. The summed E-state index contributed by atoms with van der Waals surface area (Å²) >= 11 is 5.22. The highest BCUT2D eigenvalue weighted by Gasteiger charge is 2.11. The van der Waals surface area contributed by atoms with Gasteiger partial charge in [0.15, 0.2) is 4.77 Å². The zero-order chi connectivity index (χ0) is 13.1. The molecule has 1 heterocycles. The second-order valence-electron chi connectivity index (χ2n) is 3.64. The topological polar surface area (TPSA) is 56.4 Å². The molecule has 94 valence electrons. The summed E-state index contributed by atoms with van der Waals surface area (Å²) in [6.45, 7) is -0.0251. The number of hydrogen-bond acceptors (Lipinski definition) is 4. The number of hydrogen-bond donors (Lipinski definition) is 1. The van der Waals surface area contributed by atoms with Gasteiger partial charge < -0.3 is 14.4 Å². The Hall–Kier alpha value is -2.08. The predicted octanol–water partition coefficient (Wildman–Crippen LogP) is 1.89. The van der Waals surface area contributed by atoms with E-state index in [1.165, 1.54) is 22.4 Å². The van der Waals surface area contributed by atoms with Crippen molar-refractivity contribution in [3.63, 3.8) is 0 Å². The molecule has 1 N–H and O–H groups in total. The largest absolute Gasteiger partial charge is 0.493 e. The Balaban J connectivity index is 2.45. The van der Waals surface area contributed by atoms with Crippen LogP contribution >= 0.6 is 12.2 Å². The number of ether oxygens (including phenoxy) is 1. The SMILES string of the molecule is COC(=O)Cn1cc(O)n(-c2ccccc2)c1=S. The van der Waals surface area contributed by atoms with E-state index in [0.29, 0.717) is 4.77 Å². The Morgan fingerprint density at radius 3 is 2.67 bits per heavy atom. The first-order valence-corrected chi connectivity index (χ1v) is 5.67. The van der Waals surface area contributed by atoms with E-state index in [1.807, 2.05) is 30.3 Å². The molecule has 0 aliphatic rings. The summed E-state index contributed by atoms with van der Waals surface area (Å²) in [5.74, 6) is -0.439. The summed E-state index contributed by atoms with van der Waals surface area (Å²) in [4.78, 5) is 11.2. The number of aromatic hydroxyl groups is 1. The molecule has 0 aliphatic heterocycles. The van der Waals surface area contributed by atoms with Crippen molar-refractivity contribution >= 4 is 18.2 Å². The van der Waals surface area contributed by atoms with Crippen molar-refractivity contribution in [2.24, 2.45) is 0 Å². The van der Waals surface area contributed by atoms with Crippen LogP contribution in [0.15, 0.2) is 36.5 Å². The Morgan fingerprint density at radius 2 is 2.06 bits per heavy atom. The first kappa shape index (κ1) is 12.4. The minimum atomic E-state index is -0.420. The van der Waals surface area contributed by atoms with Gasteiger partial charge in [0.2, 0.25) is 5.88 Å². The summed E-state index contributed by atoms with van der Waals surface area (Å²) in [6.07, 6.45) is 1.41. The third kappa shape index (κ3) is 2.28. The number of para-hydroxylation sites is 1. The number of nitrogens with zero attached hydrogens (tertiary/aromatic N) is 2. The van der Waals surface area contributed by atoms with E-state index in [2.05, 4.69) is 4.74 Å². The van der Waals surface area contributed by atoms with Gasteiger partial charge in [-0.25, -0.2) is 0 Å². The number of esters is 1. The molecule has 0 atom stereocenters. The van der Waals surface area contributed by atoms with Gasteiger partial charge in [0.1, 0.15) is 6.54 Å². The van der Waals surface area contributed by atoms with Crippen LogP contribution in [-0.2, 0) is 16.1 Å². The minimum absolute atomic E-state index is 0.0184. The number of benzene rings is 1. The molecule has 5 nitrogen and oxygen atoms in total. The molecule has 0 radical (unpaired) electrons. The van der Waals surface area contributed by atoms with E-state index >= 15 is 0 Å². The summed E-state index contributed by atoms with van der Waals surface area (Å²) in [5.41, 5.74) is 0.739. The van der Waals surface area contributed by atoms with Gasteiger partial charge in [0, 0.05) is 0 Å². The Morgan fingerprint density at radius 1 is 1.39 bits per heavy atom. The average Bonchev–Trinajstić information content (AvgIpc) is 2.65. The van der Waals surface area contributed by atoms with E-state index in [-0.39, 0.29) is 12.4 Å². The number of imidazole rings is 1. The van der Waals surface area contributed by atoms with Gasteiger partial charge in [-0.3, -0.25) is 9.36 Å². The highest BCUT2D eigenvalue weighted by molar-refractivity contribution is 7.71. The van der Waals surface area contributed by atoms with Crippen LogP contribution in [-0.4, -0.2) is 27.3 Å². The molecule has 0 amide bonds. The molecule has 0 bridgehead atoms. The molecule has 0 spiro atoms. The Kier molecular flexibility index (Phi) is 3.47. The summed E-state index contributed by atoms with van der Waals surface area (Å²) in [6, 6.07) is 9.19. The number of carbonyl (C=O) groups excluding carboxylic acids is 1. The lowest BCUT2D eigenvalue weighted by Crippen LogP contribution is -2.11. The number of aromatic nitrogens is 2. The zero-order valence-electron chi connectivity index (χ0n) is 9.74. The quantitative estimate of drug-likeness (QED) is 0.679. The highest BCUT2D eigenvalue weighted by Crippen LogP contribution is 2.19. The van der Waals surface area contributed by atoms with Crippen LogP contribution in [0.2, 0.25) is 0 Å². The fourth-order valence-corrected chi connectivity index (χ4v) is 1.93. The molecule has 2 rings (SSSR count). The van der Waals surface area contributed by atoms with Gasteiger partial charge in [0.25, 0.3) is 0 Å². The first-order chi connectivity index (χ1) is 8.63. The maximum absolute atomic E-state index is 11.2. The summed E-state index contributed by atoms with van der Waals surface area (Å²) < 4.78 is 7.85. The van der Waals surface area contributed by atoms with E-state index in [9.17, 15) is 9.90 Å². The maximum atomic E-state index is 11.2. The molecule has 1 aromatic heterocycles. The highest BCUT2D eigenvalue weighted by atomic mass is 32.1. The van der Waals surface area contributed by atoms with E-state index in [4.69, 9.17) is 12.2 Å². The van der Waals surface area contributed by atoms with E-state index < -0.39 is 5.97 Å². The monoisotopic (exact) mass is 264 g/mol. The summed E-state index contributed by atoms with van der Waals surface area (Å²) in [7, 11) is 1.31. The van der Waals surface area contributed by atoms with Gasteiger partial charge in [-0.15, -0.1) is 0 Å². The van der Waals surface area contributed by atoms with Crippen LogP contribution in [0.1, 0.15) is 0 Å². The van der Waals surface area contributed by atoms with Gasteiger partial charge in [-0.2, -0.15) is 0 Å². The van der Waals surface area contributed by atoms with Gasteiger partial charge in [-0.1, -0.05) is 18.2 Å². The van der Waals surface area contributed by atoms with Crippen LogP contribution in [0.5, 0.6) is 5.88 Å². The molecule has 0 saturated heterocycles. The van der Waals surface area contributed by atoms with E-state index in [0.717, 1.165) is 5.69 Å². The third-order valence-corrected chi connectivity index (χ3v) is 2.90. The van der Waals surface area contributed by atoms with Crippen LogP contribution in [0, 0.1) is 4.77 Å². The molecular weight excluding hydrogens is 252 g/mol.